The van der Waals surface area contributed by atoms with Crippen molar-refractivity contribution in [3.05, 3.63) is 29.6 Å². The Balaban J connectivity index is 2.25. The molecule has 1 heterocycles. The molecule has 94 valence electrons. The largest absolute Gasteiger partial charge is 0.371 e. The van der Waals surface area contributed by atoms with Crippen molar-refractivity contribution in [2.75, 3.05) is 25.0 Å². The van der Waals surface area contributed by atoms with Crippen molar-refractivity contribution in [3.8, 4) is 0 Å². The standard InChI is InChI=1S/C14H21FN2/c1-16-11-12-13(15)7-6-8-14(12)17-9-4-2-3-5-10-17/h6-8,16H,2-5,9-11H2,1H3. The molecule has 17 heavy (non-hydrogen) atoms. The molecule has 0 saturated carbocycles. The van der Waals surface area contributed by atoms with Crippen LogP contribution < -0.4 is 10.2 Å². The van der Waals surface area contributed by atoms with Crippen LogP contribution in [0.4, 0.5) is 10.1 Å². The van der Waals surface area contributed by atoms with Gasteiger partial charge in [0.25, 0.3) is 0 Å². The van der Waals surface area contributed by atoms with Crippen molar-refractivity contribution >= 4 is 5.69 Å². The molecule has 0 bridgehead atoms. The topological polar surface area (TPSA) is 15.3 Å². The summed E-state index contributed by atoms with van der Waals surface area (Å²) in [6.07, 6.45) is 5.03. The van der Waals surface area contributed by atoms with Gasteiger partial charge in [-0.15, -0.1) is 0 Å². The predicted molar refractivity (Wildman–Crippen MR) is 69.8 cm³/mol. The van der Waals surface area contributed by atoms with Gasteiger partial charge in [-0.05, 0) is 32.0 Å². The summed E-state index contributed by atoms with van der Waals surface area (Å²) < 4.78 is 13.8. The van der Waals surface area contributed by atoms with Crippen LogP contribution in [0.25, 0.3) is 0 Å². The molecule has 2 rings (SSSR count). The van der Waals surface area contributed by atoms with E-state index in [1.807, 2.05) is 19.2 Å². The maximum absolute atomic E-state index is 13.8. The van der Waals surface area contributed by atoms with Crippen LogP contribution in [0.15, 0.2) is 18.2 Å². The molecule has 0 unspecified atom stereocenters. The molecule has 1 aliphatic rings. The number of nitrogens with one attached hydrogen (secondary N) is 1. The Morgan fingerprint density at radius 2 is 1.88 bits per heavy atom. The highest BCUT2D eigenvalue weighted by atomic mass is 19.1. The van der Waals surface area contributed by atoms with Crippen LogP contribution in [0.5, 0.6) is 0 Å². The van der Waals surface area contributed by atoms with Crippen molar-refractivity contribution in [3.63, 3.8) is 0 Å². The number of hydrogen-bond acceptors (Lipinski definition) is 2. The van der Waals surface area contributed by atoms with Crippen LogP contribution in [0.2, 0.25) is 0 Å². The molecule has 0 amide bonds. The minimum Gasteiger partial charge on any atom is -0.371 e. The molecule has 0 spiro atoms. The van der Waals surface area contributed by atoms with E-state index in [-0.39, 0.29) is 5.82 Å². The van der Waals surface area contributed by atoms with Gasteiger partial charge in [-0.2, -0.15) is 0 Å². The Kier molecular flexibility index (Phi) is 4.37. The van der Waals surface area contributed by atoms with Gasteiger partial charge in [-0.3, -0.25) is 0 Å². The molecule has 0 radical (unpaired) electrons. The first-order valence-corrected chi connectivity index (χ1v) is 6.50. The van der Waals surface area contributed by atoms with E-state index in [9.17, 15) is 4.39 Å². The average Bonchev–Trinajstić information content (AvgIpc) is 2.60. The van der Waals surface area contributed by atoms with E-state index in [1.165, 1.54) is 25.7 Å². The molecule has 1 aliphatic heterocycles. The summed E-state index contributed by atoms with van der Waals surface area (Å²) in [7, 11) is 1.86. The fraction of sp³-hybridized carbons (Fsp3) is 0.571. The Labute approximate surface area is 103 Å². The summed E-state index contributed by atoms with van der Waals surface area (Å²) in [6.45, 7) is 2.71. The molecule has 0 aromatic heterocycles. The zero-order valence-electron chi connectivity index (χ0n) is 10.5. The van der Waals surface area contributed by atoms with Crippen LogP contribution in [-0.2, 0) is 6.54 Å². The highest BCUT2D eigenvalue weighted by Gasteiger charge is 2.15. The average molecular weight is 236 g/mol. The Bertz CT molecular complexity index is 357. The molecule has 1 saturated heterocycles. The lowest BCUT2D eigenvalue weighted by molar-refractivity contribution is 0.598. The Morgan fingerprint density at radius 1 is 1.18 bits per heavy atom. The van der Waals surface area contributed by atoms with E-state index in [2.05, 4.69) is 10.2 Å². The molecule has 2 nitrogen and oxygen atoms in total. The second kappa shape index (κ2) is 6.01. The van der Waals surface area contributed by atoms with Crippen LogP contribution in [-0.4, -0.2) is 20.1 Å². The van der Waals surface area contributed by atoms with E-state index in [0.717, 1.165) is 24.3 Å². The summed E-state index contributed by atoms with van der Waals surface area (Å²) in [5, 5.41) is 3.05. The highest BCUT2D eigenvalue weighted by molar-refractivity contribution is 5.54. The Hall–Kier alpha value is -1.09. The van der Waals surface area contributed by atoms with Gasteiger partial charge >= 0.3 is 0 Å². The fourth-order valence-electron chi connectivity index (χ4n) is 2.51. The van der Waals surface area contributed by atoms with Gasteiger partial charge in [0.2, 0.25) is 0 Å². The third-order valence-electron chi connectivity index (χ3n) is 3.39. The van der Waals surface area contributed by atoms with E-state index in [1.54, 1.807) is 6.07 Å². The molecule has 3 heteroatoms. The van der Waals surface area contributed by atoms with Crippen LogP contribution in [0, 0.1) is 5.82 Å². The molecule has 1 aromatic rings. The minimum absolute atomic E-state index is 0.0962. The summed E-state index contributed by atoms with van der Waals surface area (Å²) in [6, 6.07) is 5.41. The number of anilines is 1. The van der Waals surface area contributed by atoms with Crippen molar-refractivity contribution in [2.45, 2.75) is 32.2 Å². The summed E-state index contributed by atoms with van der Waals surface area (Å²) in [5.41, 5.74) is 1.87. The monoisotopic (exact) mass is 236 g/mol. The predicted octanol–water partition coefficient (Wildman–Crippen LogP) is 2.93. The number of halogens is 1. The maximum Gasteiger partial charge on any atom is 0.129 e. The van der Waals surface area contributed by atoms with Gasteiger partial charge in [-0.25, -0.2) is 4.39 Å². The first-order valence-electron chi connectivity index (χ1n) is 6.50. The van der Waals surface area contributed by atoms with Gasteiger partial charge in [-0.1, -0.05) is 18.9 Å². The zero-order valence-corrected chi connectivity index (χ0v) is 10.5. The van der Waals surface area contributed by atoms with Crippen LogP contribution in [0.3, 0.4) is 0 Å². The van der Waals surface area contributed by atoms with Crippen molar-refractivity contribution in [1.29, 1.82) is 0 Å². The normalized spacial score (nSPS) is 16.9. The number of hydrogen-bond donors (Lipinski definition) is 1. The lowest BCUT2D eigenvalue weighted by atomic mass is 10.1. The smallest absolute Gasteiger partial charge is 0.129 e. The quantitative estimate of drug-likeness (QED) is 0.868. The third-order valence-corrected chi connectivity index (χ3v) is 3.39. The van der Waals surface area contributed by atoms with E-state index >= 15 is 0 Å². The first-order chi connectivity index (χ1) is 8.33. The molecule has 1 N–H and O–H groups in total. The first kappa shape index (κ1) is 12.4. The second-order valence-electron chi connectivity index (χ2n) is 4.67. The van der Waals surface area contributed by atoms with Gasteiger partial charge in [0, 0.05) is 30.9 Å². The van der Waals surface area contributed by atoms with E-state index < -0.39 is 0 Å². The number of rotatable bonds is 3. The van der Waals surface area contributed by atoms with Crippen molar-refractivity contribution in [1.82, 2.24) is 5.32 Å². The number of benzene rings is 1. The lowest BCUT2D eigenvalue weighted by Gasteiger charge is -2.25. The minimum atomic E-state index is -0.0962. The van der Waals surface area contributed by atoms with E-state index in [0.29, 0.717) is 6.54 Å². The molecule has 1 fully saturated rings. The second-order valence-corrected chi connectivity index (χ2v) is 4.67. The maximum atomic E-state index is 13.8. The molecular weight excluding hydrogens is 215 g/mol. The lowest BCUT2D eigenvalue weighted by Crippen LogP contribution is -2.26. The van der Waals surface area contributed by atoms with Gasteiger partial charge in [0.1, 0.15) is 5.82 Å². The summed E-state index contributed by atoms with van der Waals surface area (Å²) in [5.74, 6) is -0.0962. The van der Waals surface area contributed by atoms with Crippen molar-refractivity contribution in [2.24, 2.45) is 0 Å². The van der Waals surface area contributed by atoms with Gasteiger partial charge in [0.15, 0.2) is 0 Å². The fourth-order valence-corrected chi connectivity index (χ4v) is 2.51. The third kappa shape index (κ3) is 2.97. The van der Waals surface area contributed by atoms with Crippen LogP contribution >= 0.6 is 0 Å². The Morgan fingerprint density at radius 3 is 2.53 bits per heavy atom. The molecule has 0 atom stereocenters. The summed E-state index contributed by atoms with van der Waals surface area (Å²) >= 11 is 0. The van der Waals surface area contributed by atoms with Gasteiger partial charge in [0.05, 0.1) is 0 Å². The molecule has 1 aromatic carbocycles. The van der Waals surface area contributed by atoms with Gasteiger partial charge < -0.3 is 10.2 Å². The SMILES string of the molecule is CNCc1c(F)cccc1N1CCCCCC1. The van der Waals surface area contributed by atoms with E-state index in [4.69, 9.17) is 0 Å². The zero-order chi connectivity index (χ0) is 12.1. The number of nitrogens with zero attached hydrogens (tertiary/aromatic N) is 1. The molecular formula is C14H21FN2. The van der Waals surface area contributed by atoms with Crippen molar-refractivity contribution < 1.29 is 4.39 Å². The summed E-state index contributed by atoms with van der Waals surface area (Å²) in [4.78, 5) is 2.34. The highest BCUT2D eigenvalue weighted by Crippen LogP contribution is 2.25. The van der Waals surface area contributed by atoms with Crippen LogP contribution in [0.1, 0.15) is 31.2 Å². The molecule has 0 aliphatic carbocycles.